The van der Waals surface area contributed by atoms with Crippen molar-refractivity contribution in [2.24, 2.45) is 11.8 Å². The molecule has 8 heteroatoms. The Morgan fingerprint density at radius 3 is 2.24 bits per heavy atom. The van der Waals surface area contributed by atoms with Crippen LogP contribution < -0.4 is 9.64 Å². The van der Waals surface area contributed by atoms with Crippen molar-refractivity contribution >= 4 is 28.3 Å². The van der Waals surface area contributed by atoms with E-state index in [1.165, 1.54) is 17.0 Å². The Morgan fingerprint density at radius 2 is 1.58 bits per heavy atom. The van der Waals surface area contributed by atoms with E-state index in [0.29, 0.717) is 53.5 Å². The van der Waals surface area contributed by atoms with Crippen LogP contribution in [0.4, 0.5) is 10.1 Å². The van der Waals surface area contributed by atoms with E-state index in [2.05, 4.69) is 12.1 Å². The van der Waals surface area contributed by atoms with E-state index < -0.39 is 23.0 Å². The van der Waals surface area contributed by atoms with Crippen molar-refractivity contribution < 1.29 is 23.5 Å². The number of carbonyl (C=O) groups is 2. The van der Waals surface area contributed by atoms with Crippen LogP contribution in [0.3, 0.4) is 0 Å². The number of imide groups is 1. The maximum atomic E-state index is 14.1. The molecule has 3 saturated heterocycles. The van der Waals surface area contributed by atoms with Crippen LogP contribution in [-0.2, 0) is 14.3 Å². The molecule has 7 nitrogen and oxygen atoms in total. The third kappa shape index (κ3) is 3.48. The summed E-state index contributed by atoms with van der Waals surface area (Å²) in [6.07, 6.45) is 2.11. The Morgan fingerprint density at radius 1 is 0.921 bits per heavy atom. The minimum Gasteiger partial charge on any atom is -0.493 e. The van der Waals surface area contributed by atoms with Gasteiger partial charge in [-0.1, -0.05) is 24.3 Å². The average Bonchev–Trinajstić information content (AvgIpc) is 3.54. The third-order valence-corrected chi connectivity index (χ3v) is 8.35. The normalized spacial score (nSPS) is 27.4. The monoisotopic (exact) mass is 509 g/mol. The van der Waals surface area contributed by atoms with Crippen molar-refractivity contribution in [3.05, 3.63) is 72.0 Å². The summed E-state index contributed by atoms with van der Waals surface area (Å²) in [5.74, 6) is -1.90. The fraction of sp³-hybridized carbons (Fsp3) is 0.333. The highest BCUT2D eigenvalue weighted by Gasteiger charge is 2.75. The summed E-state index contributed by atoms with van der Waals surface area (Å²) in [4.78, 5) is 29.4. The van der Waals surface area contributed by atoms with Gasteiger partial charge in [0.15, 0.2) is 0 Å². The average molecular weight is 510 g/mol. The Hall–Kier alpha value is -4.27. The second-order valence-electron chi connectivity index (χ2n) is 10.2. The van der Waals surface area contributed by atoms with E-state index >= 15 is 0 Å². The number of nitrogens with zero attached hydrogens (tertiary/aromatic N) is 3. The number of amides is 2. The van der Waals surface area contributed by atoms with E-state index in [-0.39, 0.29) is 30.7 Å². The summed E-state index contributed by atoms with van der Waals surface area (Å²) in [5, 5.41) is 20.2. The van der Waals surface area contributed by atoms with Crippen LogP contribution in [0.1, 0.15) is 37.7 Å². The second-order valence-corrected chi connectivity index (χ2v) is 10.2. The number of carbonyl (C=O) groups excluding carboxylic acids is 2. The van der Waals surface area contributed by atoms with E-state index in [4.69, 9.17) is 9.47 Å². The topological polar surface area (TPSA) is 103 Å². The van der Waals surface area contributed by atoms with Gasteiger partial charge in [-0.05, 0) is 55.7 Å². The summed E-state index contributed by atoms with van der Waals surface area (Å²) < 4.78 is 25.7. The predicted octanol–water partition coefficient (Wildman–Crippen LogP) is 5.03. The smallest absolute Gasteiger partial charge is 0.240 e. The zero-order valence-corrected chi connectivity index (χ0v) is 20.5. The molecule has 2 amide bonds. The molecule has 190 valence electrons. The van der Waals surface area contributed by atoms with Crippen LogP contribution in [0.2, 0.25) is 0 Å². The predicted molar refractivity (Wildman–Crippen MR) is 135 cm³/mol. The van der Waals surface area contributed by atoms with Gasteiger partial charge < -0.3 is 9.47 Å². The number of halogens is 1. The molecule has 0 aliphatic carbocycles. The van der Waals surface area contributed by atoms with Crippen molar-refractivity contribution in [1.82, 2.24) is 0 Å². The summed E-state index contributed by atoms with van der Waals surface area (Å²) in [6, 6.07) is 20.6. The van der Waals surface area contributed by atoms with Crippen LogP contribution in [0.15, 0.2) is 60.7 Å². The van der Waals surface area contributed by atoms with Crippen molar-refractivity contribution in [3.63, 3.8) is 0 Å². The van der Waals surface area contributed by atoms with Crippen molar-refractivity contribution in [2.75, 3.05) is 11.5 Å². The molecule has 3 unspecified atom stereocenters. The van der Waals surface area contributed by atoms with Crippen LogP contribution in [0.25, 0.3) is 10.8 Å². The molecule has 0 spiro atoms. The SMILES string of the molecule is N#CCCC12CCC(CCOc3ccc(F)cc3)(O1)[C@@H]1C(=O)N(c3ccc(C#N)c4ccccc34)C(=O)C12. The lowest BCUT2D eigenvalue weighted by molar-refractivity contribution is -0.132. The van der Waals surface area contributed by atoms with Gasteiger partial charge in [-0.15, -0.1) is 0 Å². The number of hydrogen-bond donors (Lipinski definition) is 0. The number of anilines is 1. The lowest BCUT2D eigenvalue weighted by atomic mass is 9.65. The maximum absolute atomic E-state index is 14.1. The molecule has 2 bridgehead atoms. The Labute approximate surface area is 219 Å². The molecule has 6 rings (SSSR count). The van der Waals surface area contributed by atoms with Gasteiger partial charge in [0.2, 0.25) is 11.8 Å². The summed E-state index contributed by atoms with van der Waals surface area (Å²) in [6.45, 7) is 0.227. The molecule has 0 radical (unpaired) electrons. The number of rotatable bonds is 7. The summed E-state index contributed by atoms with van der Waals surface area (Å²) >= 11 is 0. The number of hydrogen-bond acceptors (Lipinski definition) is 6. The molecule has 38 heavy (non-hydrogen) atoms. The van der Waals surface area contributed by atoms with E-state index in [1.54, 1.807) is 30.3 Å². The van der Waals surface area contributed by atoms with Crippen molar-refractivity contribution in [1.29, 1.82) is 10.5 Å². The Balaban J connectivity index is 1.36. The largest absolute Gasteiger partial charge is 0.493 e. The Kier molecular flexibility index (Phi) is 5.66. The highest BCUT2D eigenvalue weighted by molar-refractivity contribution is 6.26. The van der Waals surface area contributed by atoms with Gasteiger partial charge in [0, 0.05) is 23.6 Å². The lowest BCUT2D eigenvalue weighted by Gasteiger charge is -2.31. The molecular weight excluding hydrogens is 485 g/mol. The van der Waals surface area contributed by atoms with Crippen LogP contribution in [0.5, 0.6) is 5.75 Å². The number of ether oxygens (including phenoxy) is 2. The van der Waals surface area contributed by atoms with Gasteiger partial charge in [-0.25, -0.2) is 9.29 Å². The molecule has 3 aliphatic rings. The van der Waals surface area contributed by atoms with Crippen LogP contribution >= 0.6 is 0 Å². The van der Waals surface area contributed by atoms with Gasteiger partial charge in [-0.3, -0.25) is 9.59 Å². The molecule has 3 heterocycles. The second kappa shape index (κ2) is 8.93. The minimum absolute atomic E-state index is 0.215. The molecule has 3 aliphatic heterocycles. The first kappa shape index (κ1) is 24.1. The van der Waals surface area contributed by atoms with E-state index in [0.717, 1.165) is 0 Å². The van der Waals surface area contributed by atoms with Crippen molar-refractivity contribution in [2.45, 2.75) is 43.3 Å². The van der Waals surface area contributed by atoms with Crippen LogP contribution in [0, 0.1) is 40.3 Å². The van der Waals surface area contributed by atoms with Gasteiger partial charge in [0.05, 0.1) is 53.0 Å². The fourth-order valence-electron chi connectivity index (χ4n) is 6.71. The number of nitriles is 2. The van der Waals surface area contributed by atoms with Crippen LogP contribution in [-0.4, -0.2) is 29.6 Å². The standard InChI is InChI=1S/C30H24FN3O4/c31-20-7-9-21(10-8-20)37-17-15-30-14-13-29(38-30,12-3-16-32)25-26(30)28(36)34(27(25)35)24-11-6-19(18-33)22-4-1-2-5-23(22)24/h1-2,4-11,25-26H,3,12-15,17H2/t25?,26-,29?,30?/m0/s1. The first-order chi connectivity index (χ1) is 18.4. The zero-order chi connectivity index (χ0) is 26.5. The quantitative estimate of drug-likeness (QED) is 0.414. The first-order valence-electron chi connectivity index (χ1n) is 12.7. The molecule has 4 atom stereocenters. The van der Waals surface area contributed by atoms with E-state index in [1.807, 2.05) is 18.2 Å². The maximum Gasteiger partial charge on any atom is 0.240 e. The van der Waals surface area contributed by atoms with Gasteiger partial charge in [0.25, 0.3) is 0 Å². The lowest BCUT2D eigenvalue weighted by Crippen LogP contribution is -2.43. The van der Waals surface area contributed by atoms with Gasteiger partial charge in [-0.2, -0.15) is 10.5 Å². The number of benzene rings is 3. The van der Waals surface area contributed by atoms with Crippen molar-refractivity contribution in [3.8, 4) is 17.9 Å². The summed E-state index contributed by atoms with van der Waals surface area (Å²) in [7, 11) is 0. The molecule has 0 N–H and O–H groups in total. The summed E-state index contributed by atoms with van der Waals surface area (Å²) in [5.41, 5.74) is -0.868. The van der Waals surface area contributed by atoms with Gasteiger partial charge in [0.1, 0.15) is 11.6 Å². The fourth-order valence-corrected chi connectivity index (χ4v) is 6.71. The number of fused-ring (bicyclic) bond motifs is 6. The first-order valence-corrected chi connectivity index (χ1v) is 12.7. The third-order valence-electron chi connectivity index (χ3n) is 8.35. The molecule has 0 saturated carbocycles. The zero-order valence-electron chi connectivity index (χ0n) is 20.5. The Bertz CT molecular complexity index is 1540. The van der Waals surface area contributed by atoms with E-state index in [9.17, 15) is 24.5 Å². The minimum atomic E-state index is -0.899. The molecule has 3 aromatic rings. The highest BCUT2D eigenvalue weighted by atomic mass is 19.1. The molecular formula is C30H24FN3O4. The van der Waals surface area contributed by atoms with Gasteiger partial charge >= 0.3 is 0 Å². The highest BCUT2D eigenvalue weighted by Crippen LogP contribution is 2.64. The molecule has 3 aromatic carbocycles. The molecule has 0 aromatic heterocycles. The molecule has 3 fully saturated rings.